The van der Waals surface area contributed by atoms with Gasteiger partial charge in [0.25, 0.3) is 0 Å². The van der Waals surface area contributed by atoms with Gasteiger partial charge in [-0.3, -0.25) is 4.79 Å². The van der Waals surface area contributed by atoms with Crippen LogP contribution in [0, 0.1) is 0 Å². The van der Waals surface area contributed by atoms with E-state index in [-0.39, 0.29) is 11.9 Å². The highest BCUT2D eigenvalue weighted by Gasteiger charge is 2.36. The van der Waals surface area contributed by atoms with Crippen LogP contribution in [0.15, 0.2) is 0 Å². The first-order valence-electron chi connectivity index (χ1n) is 5.87. The Morgan fingerprint density at radius 2 is 2.33 bits per heavy atom. The summed E-state index contributed by atoms with van der Waals surface area (Å²) in [5, 5.41) is 0.768. The van der Waals surface area contributed by atoms with E-state index in [2.05, 4.69) is 6.92 Å². The molecule has 0 aromatic heterocycles. The second-order valence-corrected chi connectivity index (χ2v) is 6.13. The highest BCUT2D eigenvalue weighted by Crippen LogP contribution is 2.34. The zero-order valence-electron chi connectivity index (χ0n) is 9.32. The fourth-order valence-electron chi connectivity index (χ4n) is 2.70. The fraction of sp³-hybridized carbons (Fsp3) is 0.909. The molecule has 2 rings (SSSR count). The minimum Gasteiger partial charge on any atom is -0.338 e. The summed E-state index contributed by atoms with van der Waals surface area (Å²) in [4.78, 5) is 13.7. The van der Waals surface area contributed by atoms with Crippen molar-refractivity contribution in [3.63, 3.8) is 0 Å². The van der Waals surface area contributed by atoms with Crippen molar-refractivity contribution in [2.24, 2.45) is 5.73 Å². The number of amides is 1. The van der Waals surface area contributed by atoms with Gasteiger partial charge in [0, 0.05) is 30.3 Å². The molecule has 0 radical (unpaired) electrons. The molecule has 86 valence electrons. The molecule has 15 heavy (non-hydrogen) atoms. The highest BCUT2D eigenvalue weighted by molar-refractivity contribution is 7.99. The van der Waals surface area contributed by atoms with Gasteiger partial charge in [0.15, 0.2) is 0 Å². The van der Waals surface area contributed by atoms with E-state index >= 15 is 0 Å². The molecule has 0 aromatic rings. The summed E-state index contributed by atoms with van der Waals surface area (Å²) in [7, 11) is 0. The molecule has 1 heterocycles. The van der Waals surface area contributed by atoms with Crippen molar-refractivity contribution in [2.45, 2.75) is 49.9 Å². The molecule has 2 aliphatic rings. The molecule has 0 spiro atoms. The molecular formula is C11H20N2OS. The quantitative estimate of drug-likeness (QED) is 0.790. The van der Waals surface area contributed by atoms with Crippen molar-refractivity contribution in [3.8, 4) is 0 Å². The van der Waals surface area contributed by atoms with Gasteiger partial charge in [0.1, 0.15) is 0 Å². The van der Waals surface area contributed by atoms with Gasteiger partial charge >= 0.3 is 0 Å². The third kappa shape index (κ3) is 2.48. The Hall–Kier alpha value is -0.220. The zero-order valence-corrected chi connectivity index (χ0v) is 10.1. The van der Waals surface area contributed by atoms with Crippen LogP contribution in [0.1, 0.15) is 32.6 Å². The van der Waals surface area contributed by atoms with Crippen molar-refractivity contribution in [2.75, 3.05) is 12.3 Å². The third-order valence-electron chi connectivity index (χ3n) is 3.39. The van der Waals surface area contributed by atoms with Gasteiger partial charge < -0.3 is 10.6 Å². The van der Waals surface area contributed by atoms with Crippen molar-refractivity contribution >= 4 is 17.7 Å². The molecule has 3 nitrogen and oxygen atoms in total. The van der Waals surface area contributed by atoms with Gasteiger partial charge in [-0.25, -0.2) is 0 Å². The van der Waals surface area contributed by atoms with E-state index in [1.54, 1.807) is 0 Å². The lowest BCUT2D eigenvalue weighted by atomic mass is 10.2. The van der Waals surface area contributed by atoms with E-state index in [4.69, 9.17) is 5.73 Å². The Morgan fingerprint density at radius 3 is 2.93 bits per heavy atom. The second-order valence-electron chi connectivity index (χ2n) is 4.55. The largest absolute Gasteiger partial charge is 0.338 e. The average molecular weight is 228 g/mol. The molecule has 1 aliphatic carbocycles. The Kier molecular flexibility index (Phi) is 3.57. The zero-order chi connectivity index (χ0) is 10.8. The summed E-state index contributed by atoms with van der Waals surface area (Å²) >= 11 is 2.03. The standard InChI is InChI=1S/C11H20N2OS/c1-2-15-10-4-3-9(6-10)13-7-8(12)5-11(13)14/h8-10H,2-7,12H2,1H3. The van der Waals surface area contributed by atoms with Crippen LogP contribution in [0.4, 0.5) is 0 Å². The molecule has 1 aliphatic heterocycles. The van der Waals surface area contributed by atoms with Crippen LogP contribution in [0.25, 0.3) is 0 Å². The second kappa shape index (κ2) is 4.74. The number of hydrogen-bond donors (Lipinski definition) is 1. The Balaban J connectivity index is 1.88. The van der Waals surface area contributed by atoms with E-state index in [1.807, 2.05) is 16.7 Å². The molecule has 2 fully saturated rings. The topological polar surface area (TPSA) is 46.3 Å². The number of carbonyl (C=O) groups excluding carboxylic acids is 1. The molecule has 3 atom stereocenters. The first kappa shape index (κ1) is 11.3. The van der Waals surface area contributed by atoms with Crippen LogP contribution in [-0.4, -0.2) is 40.4 Å². The average Bonchev–Trinajstić information content (AvgIpc) is 2.73. The number of hydrogen-bond acceptors (Lipinski definition) is 3. The molecule has 1 saturated carbocycles. The van der Waals surface area contributed by atoms with Gasteiger partial charge in [-0.15, -0.1) is 0 Å². The van der Waals surface area contributed by atoms with Crippen LogP contribution in [0.5, 0.6) is 0 Å². The van der Waals surface area contributed by atoms with Crippen LogP contribution < -0.4 is 5.73 Å². The molecular weight excluding hydrogens is 208 g/mol. The maximum atomic E-state index is 11.7. The molecule has 3 unspecified atom stereocenters. The minimum atomic E-state index is 0.0791. The van der Waals surface area contributed by atoms with Crippen molar-refractivity contribution < 1.29 is 4.79 Å². The summed E-state index contributed by atoms with van der Waals surface area (Å²) in [6.07, 6.45) is 4.18. The SMILES string of the molecule is CCSC1CCC(N2CC(N)CC2=O)C1. The lowest BCUT2D eigenvalue weighted by molar-refractivity contribution is -0.129. The van der Waals surface area contributed by atoms with Gasteiger partial charge in [-0.05, 0) is 25.0 Å². The fourth-order valence-corrected chi connectivity index (χ4v) is 3.83. The van der Waals surface area contributed by atoms with Crippen LogP contribution in [-0.2, 0) is 4.79 Å². The lowest BCUT2D eigenvalue weighted by Crippen LogP contribution is -2.36. The van der Waals surface area contributed by atoms with Crippen LogP contribution >= 0.6 is 11.8 Å². The van der Waals surface area contributed by atoms with Gasteiger partial charge in [0.2, 0.25) is 5.91 Å². The monoisotopic (exact) mass is 228 g/mol. The minimum absolute atomic E-state index is 0.0791. The van der Waals surface area contributed by atoms with E-state index < -0.39 is 0 Å². The maximum absolute atomic E-state index is 11.7. The summed E-state index contributed by atoms with van der Waals surface area (Å²) in [6, 6.07) is 0.561. The molecule has 0 aromatic carbocycles. The van der Waals surface area contributed by atoms with E-state index in [0.717, 1.165) is 11.8 Å². The van der Waals surface area contributed by atoms with Gasteiger partial charge in [0.05, 0.1) is 0 Å². The number of nitrogens with zero attached hydrogens (tertiary/aromatic N) is 1. The predicted octanol–water partition coefficient (Wildman–Crippen LogP) is 1.22. The van der Waals surface area contributed by atoms with Crippen LogP contribution in [0.3, 0.4) is 0 Å². The Labute approximate surface area is 95.8 Å². The molecule has 2 N–H and O–H groups in total. The smallest absolute Gasteiger partial charge is 0.224 e. The third-order valence-corrected chi connectivity index (χ3v) is 4.62. The maximum Gasteiger partial charge on any atom is 0.224 e. The Morgan fingerprint density at radius 1 is 1.53 bits per heavy atom. The first-order chi connectivity index (χ1) is 7.20. The predicted molar refractivity (Wildman–Crippen MR) is 63.9 cm³/mol. The highest BCUT2D eigenvalue weighted by atomic mass is 32.2. The lowest BCUT2D eigenvalue weighted by Gasteiger charge is -2.24. The summed E-state index contributed by atoms with van der Waals surface area (Å²) in [5.41, 5.74) is 5.81. The molecule has 4 heteroatoms. The summed E-state index contributed by atoms with van der Waals surface area (Å²) in [6.45, 7) is 2.99. The number of nitrogens with two attached hydrogens (primary N) is 1. The normalized spacial score (nSPS) is 36.5. The van der Waals surface area contributed by atoms with Crippen molar-refractivity contribution in [1.29, 1.82) is 0 Å². The van der Waals surface area contributed by atoms with Gasteiger partial charge in [-0.2, -0.15) is 11.8 Å². The summed E-state index contributed by atoms with van der Waals surface area (Å²) in [5.74, 6) is 1.46. The number of carbonyl (C=O) groups is 1. The van der Waals surface area contributed by atoms with E-state index in [9.17, 15) is 4.79 Å². The summed E-state index contributed by atoms with van der Waals surface area (Å²) < 4.78 is 0. The Bertz CT molecular complexity index is 247. The molecule has 1 saturated heterocycles. The first-order valence-corrected chi connectivity index (χ1v) is 6.92. The van der Waals surface area contributed by atoms with Crippen molar-refractivity contribution in [1.82, 2.24) is 4.90 Å². The number of rotatable bonds is 3. The van der Waals surface area contributed by atoms with Gasteiger partial charge in [-0.1, -0.05) is 6.92 Å². The van der Waals surface area contributed by atoms with E-state index in [0.29, 0.717) is 12.5 Å². The van der Waals surface area contributed by atoms with Crippen molar-refractivity contribution in [3.05, 3.63) is 0 Å². The van der Waals surface area contributed by atoms with E-state index in [1.165, 1.54) is 25.0 Å². The molecule has 1 amide bonds. The number of likely N-dealkylation sites (tertiary alicyclic amines) is 1. The van der Waals surface area contributed by atoms with Crippen LogP contribution in [0.2, 0.25) is 0 Å². The number of thioether (sulfide) groups is 1. The molecule has 0 bridgehead atoms.